The Kier molecular flexibility index (Phi) is 7.41. The van der Waals surface area contributed by atoms with Crippen molar-refractivity contribution in [3.05, 3.63) is 200 Å². The van der Waals surface area contributed by atoms with E-state index in [2.05, 4.69) is 205 Å². The smallest absolute Gasteiger partial charge is 0.0554 e. The summed E-state index contributed by atoms with van der Waals surface area (Å²) < 4.78 is 2.59. The number of benzene rings is 9. The van der Waals surface area contributed by atoms with Crippen molar-refractivity contribution in [3.8, 4) is 33.4 Å². The van der Waals surface area contributed by atoms with Gasteiger partial charge in [0.05, 0.1) is 5.69 Å². The highest BCUT2D eigenvalue weighted by Gasteiger charge is 2.20. The fourth-order valence-corrected chi connectivity index (χ4v) is 9.06. The summed E-state index contributed by atoms with van der Waals surface area (Å²) in [6, 6.07) is 72.8. The highest BCUT2D eigenvalue weighted by Crippen LogP contribution is 2.47. The summed E-state index contributed by atoms with van der Waals surface area (Å²) in [5.74, 6) is 0. The van der Waals surface area contributed by atoms with Crippen molar-refractivity contribution in [2.24, 2.45) is 0 Å². The highest BCUT2D eigenvalue weighted by molar-refractivity contribution is 7.26. The number of nitrogens with zero attached hydrogens (tertiary/aromatic N) is 1. The molecule has 10 aromatic rings. The topological polar surface area (TPSA) is 3.24 Å². The third-order valence-electron chi connectivity index (χ3n) is 10.3. The lowest BCUT2D eigenvalue weighted by molar-refractivity contribution is 1.30. The van der Waals surface area contributed by atoms with Gasteiger partial charge in [0.25, 0.3) is 0 Å². The minimum Gasteiger partial charge on any atom is -0.310 e. The second kappa shape index (κ2) is 12.7. The molecule has 0 saturated carbocycles. The van der Waals surface area contributed by atoms with Gasteiger partial charge in [0.1, 0.15) is 0 Å². The molecule has 0 radical (unpaired) electrons. The van der Waals surface area contributed by atoms with Crippen molar-refractivity contribution in [2.75, 3.05) is 4.90 Å². The lowest BCUT2D eigenvalue weighted by Crippen LogP contribution is -2.10. The van der Waals surface area contributed by atoms with Gasteiger partial charge in [-0.2, -0.15) is 0 Å². The van der Waals surface area contributed by atoms with Crippen molar-refractivity contribution in [3.63, 3.8) is 0 Å². The quantitative estimate of drug-likeness (QED) is 0.158. The Morgan fingerprint density at radius 1 is 0.346 bits per heavy atom. The molecule has 0 atom stereocenters. The van der Waals surface area contributed by atoms with Gasteiger partial charge in [0, 0.05) is 31.5 Å². The zero-order valence-corrected chi connectivity index (χ0v) is 29.2. The van der Waals surface area contributed by atoms with Crippen molar-refractivity contribution >= 4 is 70.1 Å². The fourth-order valence-electron chi connectivity index (χ4n) is 7.80. The van der Waals surface area contributed by atoms with E-state index in [-0.39, 0.29) is 0 Å². The van der Waals surface area contributed by atoms with Crippen LogP contribution in [0.5, 0.6) is 0 Å². The fraction of sp³-hybridized carbons (Fsp3) is 0. The SMILES string of the molecule is c1ccc(-c2ccc(N(c3ccc(-c4cc5ccccc5c5ccccc45)cc3)c3cccc4sc5c(-c6ccccc6)cccc5c34)cc2)cc1. The lowest BCUT2D eigenvalue weighted by Gasteiger charge is -2.27. The number of thiophene rings is 1. The van der Waals surface area contributed by atoms with Gasteiger partial charge in [0.2, 0.25) is 0 Å². The predicted molar refractivity (Wildman–Crippen MR) is 225 cm³/mol. The molecule has 1 nitrogen and oxygen atoms in total. The summed E-state index contributed by atoms with van der Waals surface area (Å²) in [4.78, 5) is 2.43. The molecule has 0 N–H and O–H groups in total. The molecule has 52 heavy (non-hydrogen) atoms. The summed E-state index contributed by atoms with van der Waals surface area (Å²) in [5.41, 5.74) is 10.8. The third-order valence-corrected chi connectivity index (χ3v) is 11.5. The second-order valence-electron chi connectivity index (χ2n) is 13.3. The molecule has 10 rings (SSSR count). The van der Waals surface area contributed by atoms with E-state index in [1.165, 1.54) is 80.8 Å². The van der Waals surface area contributed by atoms with E-state index < -0.39 is 0 Å². The van der Waals surface area contributed by atoms with E-state index in [0.717, 1.165) is 11.4 Å². The van der Waals surface area contributed by atoms with Crippen LogP contribution >= 0.6 is 11.3 Å². The molecule has 0 fully saturated rings. The number of hydrogen-bond acceptors (Lipinski definition) is 2. The van der Waals surface area contributed by atoms with Crippen LogP contribution in [0.4, 0.5) is 17.1 Å². The minimum absolute atomic E-state index is 1.12. The number of anilines is 3. The molecule has 1 aromatic heterocycles. The van der Waals surface area contributed by atoms with Crippen molar-refractivity contribution in [1.82, 2.24) is 0 Å². The van der Waals surface area contributed by atoms with E-state index in [1.807, 2.05) is 11.3 Å². The molecule has 0 amide bonds. The van der Waals surface area contributed by atoms with Crippen LogP contribution in [0.3, 0.4) is 0 Å². The molecule has 0 aliphatic rings. The summed E-state index contributed by atoms with van der Waals surface area (Å²) in [6.45, 7) is 0. The molecule has 9 aromatic carbocycles. The van der Waals surface area contributed by atoms with Gasteiger partial charge in [-0.3, -0.25) is 0 Å². The van der Waals surface area contributed by atoms with Crippen LogP contribution in [0, 0.1) is 0 Å². The zero-order chi connectivity index (χ0) is 34.4. The van der Waals surface area contributed by atoms with Gasteiger partial charge in [-0.15, -0.1) is 11.3 Å². The number of fused-ring (bicyclic) bond motifs is 6. The van der Waals surface area contributed by atoms with E-state index in [4.69, 9.17) is 0 Å². The molecule has 2 heteroatoms. The molecular formula is C50H33NS. The maximum absolute atomic E-state index is 2.43. The van der Waals surface area contributed by atoms with E-state index >= 15 is 0 Å². The van der Waals surface area contributed by atoms with Crippen molar-refractivity contribution < 1.29 is 0 Å². The van der Waals surface area contributed by atoms with Gasteiger partial charge >= 0.3 is 0 Å². The summed E-state index contributed by atoms with van der Waals surface area (Å²) in [6.07, 6.45) is 0. The molecule has 0 aliphatic carbocycles. The Morgan fingerprint density at radius 2 is 0.885 bits per heavy atom. The van der Waals surface area contributed by atoms with Crippen LogP contribution in [0.25, 0.3) is 75.1 Å². The molecule has 1 heterocycles. The number of hydrogen-bond donors (Lipinski definition) is 0. The average Bonchev–Trinajstić information content (AvgIpc) is 3.62. The molecule has 0 saturated heterocycles. The first-order valence-corrected chi connectivity index (χ1v) is 18.6. The summed E-state index contributed by atoms with van der Waals surface area (Å²) in [5, 5.41) is 7.65. The summed E-state index contributed by atoms with van der Waals surface area (Å²) >= 11 is 1.88. The molecule has 0 unspecified atom stereocenters. The first-order valence-electron chi connectivity index (χ1n) is 17.8. The van der Waals surface area contributed by atoms with E-state index in [1.54, 1.807) is 0 Å². The van der Waals surface area contributed by atoms with Gasteiger partial charge < -0.3 is 4.90 Å². The lowest BCUT2D eigenvalue weighted by atomic mass is 9.93. The molecule has 0 spiro atoms. The van der Waals surface area contributed by atoms with Crippen LogP contribution in [-0.4, -0.2) is 0 Å². The van der Waals surface area contributed by atoms with Gasteiger partial charge in [-0.1, -0.05) is 158 Å². The van der Waals surface area contributed by atoms with Crippen molar-refractivity contribution in [2.45, 2.75) is 0 Å². The third kappa shape index (κ3) is 5.16. The maximum atomic E-state index is 2.43. The van der Waals surface area contributed by atoms with Crippen LogP contribution in [0.1, 0.15) is 0 Å². The molecule has 0 aliphatic heterocycles. The molecule has 0 bridgehead atoms. The Hall–Kier alpha value is -6.48. The second-order valence-corrected chi connectivity index (χ2v) is 14.3. The average molecular weight is 680 g/mol. The van der Waals surface area contributed by atoms with Crippen LogP contribution < -0.4 is 4.90 Å². The Balaban J connectivity index is 1.16. The van der Waals surface area contributed by atoms with E-state index in [9.17, 15) is 0 Å². The Morgan fingerprint density at radius 3 is 1.62 bits per heavy atom. The van der Waals surface area contributed by atoms with Crippen LogP contribution in [0.15, 0.2) is 200 Å². The molecular weight excluding hydrogens is 647 g/mol. The van der Waals surface area contributed by atoms with Crippen molar-refractivity contribution in [1.29, 1.82) is 0 Å². The maximum Gasteiger partial charge on any atom is 0.0554 e. The van der Waals surface area contributed by atoms with Crippen LogP contribution in [-0.2, 0) is 0 Å². The van der Waals surface area contributed by atoms with Gasteiger partial charge in [-0.25, -0.2) is 0 Å². The first kappa shape index (κ1) is 30.4. The largest absolute Gasteiger partial charge is 0.310 e. The van der Waals surface area contributed by atoms with Gasteiger partial charge in [0.15, 0.2) is 0 Å². The predicted octanol–water partition coefficient (Wildman–Crippen LogP) is 14.8. The Labute approximate surface area is 307 Å². The summed E-state index contributed by atoms with van der Waals surface area (Å²) in [7, 11) is 0. The zero-order valence-electron chi connectivity index (χ0n) is 28.4. The molecule has 244 valence electrons. The monoisotopic (exact) mass is 679 g/mol. The Bertz CT molecular complexity index is 2870. The minimum atomic E-state index is 1.12. The number of rotatable bonds is 6. The van der Waals surface area contributed by atoms with E-state index in [0.29, 0.717) is 0 Å². The normalized spacial score (nSPS) is 11.5. The van der Waals surface area contributed by atoms with Crippen LogP contribution in [0.2, 0.25) is 0 Å². The van der Waals surface area contributed by atoms with Gasteiger partial charge in [-0.05, 0) is 97.4 Å². The standard InChI is InChI=1S/C50H33NS/c1-3-13-34(14-4-1)35-25-29-39(30-26-35)51(47-23-12-24-48-49(47)45-22-11-21-42(50(45)52-48)36-15-5-2-6-16-36)40-31-27-37(28-32-40)46-33-38-17-7-8-18-41(38)43-19-9-10-20-44(43)46/h1-33H. The highest BCUT2D eigenvalue weighted by atomic mass is 32.1. The first-order chi connectivity index (χ1) is 25.8.